The highest BCUT2D eigenvalue weighted by Crippen LogP contribution is 2.28. The quantitative estimate of drug-likeness (QED) is 0.788. The number of piperidine rings is 1. The number of rotatable bonds is 4. The van der Waals surface area contributed by atoms with E-state index in [-0.39, 0.29) is 0 Å². The van der Waals surface area contributed by atoms with Crippen LogP contribution in [0, 0.1) is 0 Å². The molecular formula is C13H26N2O. The zero-order chi connectivity index (χ0) is 11.4. The van der Waals surface area contributed by atoms with Gasteiger partial charge in [0.1, 0.15) is 0 Å². The van der Waals surface area contributed by atoms with Crippen molar-refractivity contribution in [2.75, 3.05) is 26.7 Å². The second kappa shape index (κ2) is 5.99. The second-order valence-electron chi connectivity index (χ2n) is 5.14. The molecule has 0 radical (unpaired) electrons. The van der Waals surface area contributed by atoms with Crippen molar-refractivity contribution in [3.05, 3.63) is 0 Å². The van der Waals surface area contributed by atoms with E-state index in [0.717, 1.165) is 12.6 Å². The fourth-order valence-electron chi connectivity index (χ4n) is 3.32. The summed E-state index contributed by atoms with van der Waals surface area (Å²) < 4.78 is 5.59. The summed E-state index contributed by atoms with van der Waals surface area (Å²) in [5, 5.41) is 3.56. The molecule has 2 unspecified atom stereocenters. The summed E-state index contributed by atoms with van der Waals surface area (Å²) in [7, 11) is 1.87. The fraction of sp³-hybridized carbons (Fsp3) is 1.00. The molecule has 0 amide bonds. The van der Waals surface area contributed by atoms with Gasteiger partial charge in [-0.2, -0.15) is 0 Å². The van der Waals surface area contributed by atoms with Gasteiger partial charge in [-0.15, -0.1) is 0 Å². The van der Waals surface area contributed by atoms with Crippen molar-refractivity contribution < 1.29 is 4.74 Å². The molecule has 1 aliphatic heterocycles. The number of hydrogen-bond acceptors (Lipinski definition) is 3. The van der Waals surface area contributed by atoms with Crippen LogP contribution in [0.5, 0.6) is 0 Å². The van der Waals surface area contributed by atoms with Gasteiger partial charge in [0, 0.05) is 32.3 Å². The lowest BCUT2D eigenvalue weighted by Gasteiger charge is -2.38. The highest BCUT2D eigenvalue weighted by atomic mass is 16.5. The topological polar surface area (TPSA) is 24.5 Å². The summed E-state index contributed by atoms with van der Waals surface area (Å²) in [6.45, 7) is 5.81. The van der Waals surface area contributed by atoms with E-state index in [1.807, 2.05) is 7.11 Å². The molecule has 3 nitrogen and oxygen atoms in total. The Hall–Kier alpha value is -0.120. The Labute approximate surface area is 99.5 Å². The van der Waals surface area contributed by atoms with Crippen LogP contribution in [0.1, 0.15) is 39.0 Å². The van der Waals surface area contributed by atoms with Crippen LogP contribution in [-0.4, -0.2) is 49.8 Å². The van der Waals surface area contributed by atoms with Crippen molar-refractivity contribution in [1.82, 2.24) is 10.2 Å². The summed E-state index contributed by atoms with van der Waals surface area (Å²) in [5.74, 6) is 0. The Bertz CT molecular complexity index is 202. The van der Waals surface area contributed by atoms with Crippen molar-refractivity contribution in [3.63, 3.8) is 0 Å². The van der Waals surface area contributed by atoms with Crippen LogP contribution in [0.3, 0.4) is 0 Å². The number of methoxy groups -OCH3 is 1. The third-order valence-electron chi connectivity index (χ3n) is 4.21. The van der Waals surface area contributed by atoms with E-state index < -0.39 is 0 Å². The molecule has 1 heterocycles. The average Bonchev–Trinajstić information content (AvgIpc) is 2.78. The molecular weight excluding hydrogens is 200 g/mol. The van der Waals surface area contributed by atoms with Gasteiger partial charge in [-0.3, -0.25) is 4.90 Å². The number of likely N-dealkylation sites (tertiary alicyclic amines) is 1. The first kappa shape index (κ1) is 12.3. The lowest BCUT2D eigenvalue weighted by atomic mass is 10.0. The first-order valence-electron chi connectivity index (χ1n) is 6.85. The molecule has 2 aliphatic rings. The Balaban J connectivity index is 1.79. The first-order valence-corrected chi connectivity index (χ1v) is 6.85. The van der Waals surface area contributed by atoms with Gasteiger partial charge in [0.15, 0.2) is 0 Å². The Morgan fingerprint density at radius 1 is 1.19 bits per heavy atom. The predicted molar refractivity (Wildman–Crippen MR) is 66.7 cm³/mol. The number of nitrogens with zero attached hydrogens (tertiary/aromatic N) is 1. The molecule has 0 aromatic rings. The molecule has 0 spiro atoms. The van der Waals surface area contributed by atoms with Gasteiger partial charge >= 0.3 is 0 Å². The average molecular weight is 226 g/mol. The van der Waals surface area contributed by atoms with Gasteiger partial charge in [0.05, 0.1) is 6.10 Å². The predicted octanol–water partition coefficient (Wildman–Crippen LogP) is 1.63. The third-order valence-corrected chi connectivity index (χ3v) is 4.21. The molecule has 1 saturated carbocycles. The van der Waals surface area contributed by atoms with E-state index in [2.05, 4.69) is 17.1 Å². The van der Waals surface area contributed by atoms with Gasteiger partial charge in [-0.25, -0.2) is 0 Å². The molecule has 16 heavy (non-hydrogen) atoms. The number of hydrogen-bond donors (Lipinski definition) is 1. The minimum atomic E-state index is 0.496. The van der Waals surface area contributed by atoms with E-state index in [1.165, 1.54) is 45.2 Å². The summed E-state index contributed by atoms with van der Waals surface area (Å²) in [5.41, 5.74) is 0. The van der Waals surface area contributed by atoms with E-state index in [4.69, 9.17) is 4.74 Å². The maximum Gasteiger partial charge on any atom is 0.0726 e. The third kappa shape index (κ3) is 2.76. The highest BCUT2D eigenvalue weighted by Gasteiger charge is 2.33. The lowest BCUT2D eigenvalue weighted by Crippen LogP contribution is -2.49. The van der Waals surface area contributed by atoms with Gasteiger partial charge in [0.2, 0.25) is 0 Å². The molecule has 1 aliphatic carbocycles. The zero-order valence-corrected chi connectivity index (χ0v) is 10.7. The van der Waals surface area contributed by atoms with Gasteiger partial charge in [-0.05, 0) is 38.6 Å². The number of ether oxygens (including phenoxy) is 1. The summed E-state index contributed by atoms with van der Waals surface area (Å²) in [6, 6.07) is 1.45. The standard InChI is InChI=1S/C13H26N2O/c1-3-14-11-7-9-15(10-8-11)12-5-4-6-13(12)16-2/h11-14H,3-10H2,1-2H3. The molecule has 1 saturated heterocycles. The fourth-order valence-corrected chi connectivity index (χ4v) is 3.32. The Morgan fingerprint density at radius 2 is 1.94 bits per heavy atom. The lowest BCUT2D eigenvalue weighted by molar-refractivity contribution is 0.0215. The normalized spacial score (nSPS) is 33.4. The van der Waals surface area contributed by atoms with Crippen molar-refractivity contribution in [3.8, 4) is 0 Å². The minimum Gasteiger partial charge on any atom is -0.380 e. The van der Waals surface area contributed by atoms with Crippen molar-refractivity contribution >= 4 is 0 Å². The molecule has 3 heteroatoms. The highest BCUT2D eigenvalue weighted by molar-refractivity contribution is 4.89. The molecule has 0 aromatic carbocycles. The maximum atomic E-state index is 5.59. The van der Waals surface area contributed by atoms with Crippen molar-refractivity contribution in [2.45, 2.75) is 57.2 Å². The van der Waals surface area contributed by atoms with E-state index in [9.17, 15) is 0 Å². The Kier molecular flexibility index (Phi) is 4.62. The monoisotopic (exact) mass is 226 g/mol. The largest absolute Gasteiger partial charge is 0.380 e. The summed E-state index contributed by atoms with van der Waals surface area (Å²) in [4.78, 5) is 2.66. The van der Waals surface area contributed by atoms with E-state index >= 15 is 0 Å². The minimum absolute atomic E-state index is 0.496. The van der Waals surface area contributed by atoms with Crippen LogP contribution in [0.4, 0.5) is 0 Å². The summed E-state index contributed by atoms with van der Waals surface area (Å²) >= 11 is 0. The molecule has 0 aromatic heterocycles. The molecule has 2 rings (SSSR count). The molecule has 2 fully saturated rings. The number of nitrogens with one attached hydrogen (secondary N) is 1. The Morgan fingerprint density at radius 3 is 2.56 bits per heavy atom. The smallest absolute Gasteiger partial charge is 0.0726 e. The molecule has 1 N–H and O–H groups in total. The van der Waals surface area contributed by atoms with Crippen LogP contribution in [0.15, 0.2) is 0 Å². The molecule has 0 bridgehead atoms. The molecule has 2 atom stereocenters. The van der Waals surface area contributed by atoms with Crippen LogP contribution in [-0.2, 0) is 4.74 Å². The SMILES string of the molecule is CCNC1CCN(C2CCCC2OC)CC1. The van der Waals surface area contributed by atoms with E-state index in [0.29, 0.717) is 12.1 Å². The summed E-state index contributed by atoms with van der Waals surface area (Å²) in [6.07, 6.45) is 7.05. The molecule has 94 valence electrons. The van der Waals surface area contributed by atoms with Gasteiger partial charge < -0.3 is 10.1 Å². The van der Waals surface area contributed by atoms with Crippen molar-refractivity contribution in [2.24, 2.45) is 0 Å². The van der Waals surface area contributed by atoms with Crippen LogP contribution in [0.25, 0.3) is 0 Å². The van der Waals surface area contributed by atoms with Gasteiger partial charge in [0.25, 0.3) is 0 Å². The van der Waals surface area contributed by atoms with Crippen LogP contribution < -0.4 is 5.32 Å². The zero-order valence-electron chi connectivity index (χ0n) is 10.7. The second-order valence-corrected chi connectivity index (χ2v) is 5.14. The van der Waals surface area contributed by atoms with Crippen molar-refractivity contribution in [1.29, 1.82) is 0 Å². The van der Waals surface area contributed by atoms with Crippen LogP contribution >= 0.6 is 0 Å². The first-order chi connectivity index (χ1) is 7.85. The van der Waals surface area contributed by atoms with Gasteiger partial charge in [-0.1, -0.05) is 6.92 Å². The van der Waals surface area contributed by atoms with E-state index in [1.54, 1.807) is 0 Å². The maximum absolute atomic E-state index is 5.59. The van der Waals surface area contributed by atoms with Crippen LogP contribution in [0.2, 0.25) is 0 Å².